The first-order chi connectivity index (χ1) is 9.56. The number of carbonyl (C=O) groups is 2. The molecule has 0 spiro atoms. The summed E-state index contributed by atoms with van der Waals surface area (Å²) >= 11 is 0. The van der Waals surface area contributed by atoms with Crippen LogP contribution in [0.25, 0.3) is 0 Å². The Bertz CT molecular complexity index is 511. The molecule has 0 unspecified atom stereocenters. The number of rotatable bonds is 2. The lowest BCUT2D eigenvalue weighted by atomic mass is 9.95. The molecule has 1 aromatic carbocycles. The van der Waals surface area contributed by atoms with Gasteiger partial charge in [0.25, 0.3) is 0 Å². The molecule has 2 amide bonds. The van der Waals surface area contributed by atoms with Crippen molar-refractivity contribution < 1.29 is 14.0 Å². The maximum Gasteiger partial charge on any atom is 0.313 e. The van der Waals surface area contributed by atoms with Crippen LogP contribution in [-0.2, 0) is 9.59 Å². The van der Waals surface area contributed by atoms with Gasteiger partial charge in [-0.3, -0.25) is 9.59 Å². The van der Waals surface area contributed by atoms with Crippen molar-refractivity contribution in [1.29, 1.82) is 0 Å². The number of aryl methyl sites for hydroxylation is 1. The van der Waals surface area contributed by atoms with Crippen molar-refractivity contribution in [3.63, 3.8) is 0 Å². The van der Waals surface area contributed by atoms with Gasteiger partial charge in [0.1, 0.15) is 5.82 Å². The van der Waals surface area contributed by atoms with Gasteiger partial charge in [0.05, 0.1) is 0 Å². The first-order valence-electron chi connectivity index (χ1n) is 6.94. The van der Waals surface area contributed by atoms with Gasteiger partial charge in [0.2, 0.25) is 0 Å². The standard InChI is InChI=1S/C15H19FN2O2/c1-10-9-11(16)7-8-13(10)18-15(20)14(19)17-12-5-3-2-4-6-12/h7-9,12H,2-6H2,1H3,(H,17,19)(H,18,20). The lowest BCUT2D eigenvalue weighted by Gasteiger charge is -2.22. The Morgan fingerprint density at radius 3 is 2.50 bits per heavy atom. The molecule has 1 saturated carbocycles. The third kappa shape index (κ3) is 3.79. The van der Waals surface area contributed by atoms with E-state index >= 15 is 0 Å². The minimum absolute atomic E-state index is 0.0938. The van der Waals surface area contributed by atoms with Crippen molar-refractivity contribution in [2.24, 2.45) is 0 Å². The molecule has 2 rings (SSSR count). The van der Waals surface area contributed by atoms with Crippen LogP contribution >= 0.6 is 0 Å². The monoisotopic (exact) mass is 278 g/mol. The van der Waals surface area contributed by atoms with E-state index in [0.717, 1.165) is 25.7 Å². The summed E-state index contributed by atoms with van der Waals surface area (Å²) in [5.41, 5.74) is 1.04. The van der Waals surface area contributed by atoms with Crippen molar-refractivity contribution >= 4 is 17.5 Å². The van der Waals surface area contributed by atoms with Gasteiger partial charge >= 0.3 is 11.8 Å². The number of anilines is 1. The summed E-state index contributed by atoms with van der Waals surface area (Å²) in [6, 6.07) is 4.11. The Kier molecular flexibility index (Phi) is 4.71. The van der Waals surface area contributed by atoms with Gasteiger partial charge in [-0.15, -0.1) is 0 Å². The second-order valence-corrected chi connectivity index (χ2v) is 5.22. The molecule has 1 aromatic rings. The van der Waals surface area contributed by atoms with Gasteiger partial charge in [0, 0.05) is 11.7 Å². The van der Waals surface area contributed by atoms with Gasteiger partial charge in [0.15, 0.2) is 0 Å². The highest BCUT2D eigenvalue weighted by Gasteiger charge is 2.20. The summed E-state index contributed by atoms with van der Waals surface area (Å²) in [5, 5.41) is 5.25. The number of halogens is 1. The van der Waals surface area contributed by atoms with Crippen LogP contribution < -0.4 is 10.6 Å². The normalized spacial score (nSPS) is 15.7. The summed E-state index contributed by atoms with van der Waals surface area (Å²) in [7, 11) is 0. The topological polar surface area (TPSA) is 58.2 Å². The molecule has 1 aliphatic carbocycles. The van der Waals surface area contributed by atoms with E-state index in [4.69, 9.17) is 0 Å². The quantitative estimate of drug-likeness (QED) is 0.817. The summed E-state index contributed by atoms with van der Waals surface area (Å²) < 4.78 is 13.0. The second kappa shape index (κ2) is 6.50. The third-order valence-corrected chi connectivity index (χ3v) is 3.58. The molecule has 0 atom stereocenters. The molecule has 0 radical (unpaired) electrons. The highest BCUT2D eigenvalue weighted by atomic mass is 19.1. The number of nitrogens with one attached hydrogen (secondary N) is 2. The number of hydrogen-bond donors (Lipinski definition) is 2. The first kappa shape index (κ1) is 14.5. The molecule has 1 fully saturated rings. The van der Waals surface area contributed by atoms with Gasteiger partial charge in [-0.2, -0.15) is 0 Å². The van der Waals surface area contributed by atoms with E-state index < -0.39 is 11.8 Å². The van der Waals surface area contributed by atoms with Gasteiger partial charge in [-0.1, -0.05) is 19.3 Å². The molecule has 4 nitrogen and oxygen atoms in total. The highest BCUT2D eigenvalue weighted by molar-refractivity contribution is 6.39. The zero-order chi connectivity index (χ0) is 14.5. The maximum absolute atomic E-state index is 13.0. The second-order valence-electron chi connectivity index (χ2n) is 5.22. The number of amides is 2. The fourth-order valence-electron chi connectivity index (χ4n) is 2.44. The molecule has 0 aliphatic heterocycles. The Labute approximate surface area is 117 Å². The molecule has 1 aliphatic rings. The minimum Gasteiger partial charge on any atom is -0.345 e. The SMILES string of the molecule is Cc1cc(F)ccc1NC(=O)C(=O)NC1CCCCC1. The predicted octanol–water partition coefficient (Wildman–Crippen LogP) is 2.52. The summed E-state index contributed by atoms with van der Waals surface area (Å²) in [4.78, 5) is 23.6. The average Bonchev–Trinajstić information content (AvgIpc) is 2.43. The zero-order valence-electron chi connectivity index (χ0n) is 11.5. The molecule has 0 saturated heterocycles. The molecule has 2 N–H and O–H groups in total. The van der Waals surface area contributed by atoms with Crippen LogP contribution in [0, 0.1) is 12.7 Å². The number of benzene rings is 1. The lowest BCUT2D eigenvalue weighted by molar-refractivity contribution is -0.136. The Morgan fingerprint density at radius 1 is 1.15 bits per heavy atom. The smallest absolute Gasteiger partial charge is 0.313 e. The van der Waals surface area contributed by atoms with Crippen LogP contribution in [0.2, 0.25) is 0 Å². The molecule has 5 heteroatoms. The van der Waals surface area contributed by atoms with Gasteiger partial charge in [-0.25, -0.2) is 4.39 Å². The van der Waals surface area contributed by atoms with E-state index in [1.54, 1.807) is 6.92 Å². The fraction of sp³-hybridized carbons (Fsp3) is 0.467. The molecule has 108 valence electrons. The highest BCUT2D eigenvalue weighted by Crippen LogP contribution is 2.18. The average molecular weight is 278 g/mol. The molecule has 0 bridgehead atoms. The Balaban J connectivity index is 1.91. The van der Waals surface area contributed by atoms with E-state index in [0.29, 0.717) is 11.3 Å². The van der Waals surface area contributed by atoms with Crippen LogP contribution in [-0.4, -0.2) is 17.9 Å². The first-order valence-corrected chi connectivity index (χ1v) is 6.94. The summed E-state index contributed by atoms with van der Waals surface area (Å²) in [6.45, 7) is 1.68. The van der Waals surface area contributed by atoms with Gasteiger partial charge in [-0.05, 0) is 43.5 Å². The van der Waals surface area contributed by atoms with Crippen LogP contribution in [0.1, 0.15) is 37.7 Å². The predicted molar refractivity (Wildman–Crippen MR) is 74.8 cm³/mol. The molecular weight excluding hydrogens is 259 g/mol. The largest absolute Gasteiger partial charge is 0.345 e. The number of hydrogen-bond acceptors (Lipinski definition) is 2. The molecular formula is C15H19FN2O2. The van der Waals surface area contributed by atoms with Gasteiger partial charge < -0.3 is 10.6 Å². The van der Waals surface area contributed by atoms with Crippen LogP contribution in [0.4, 0.5) is 10.1 Å². The van der Waals surface area contributed by atoms with Crippen LogP contribution in [0.15, 0.2) is 18.2 Å². The molecule has 20 heavy (non-hydrogen) atoms. The third-order valence-electron chi connectivity index (χ3n) is 3.58. The Morgan fingerprint density at radius 2 is 1.85 bits per heavy atom. The minimum atomic E-state index is -0.703. The molecule has 0 aromatic heterocycles. The van der Waals surface area contributed by atoms with E-state index in [1.165, 1.54) is 24.6 Å². The van der Waals surface area contributed by atoms with Crippen LogP contribution in [0.3, 0.4) is 0 Å². The maximum atomic E-state index is 13.0. The lowest BCUT2D eigenvalue weighted by Crippen LogP contribution is -2.42. The van der Waals surface area contributed by atoms with Crippen molar-refractivity contribution in [1.82, 2.24) is 5.32 Å². The molecule has 0 heterocycles. The van der Waals surface area contributed by atoms with Crippen molar-refractivity contribution in [2.75, 3.05) is 5.32 Å². The number of carbonyl (C=O) groups excluding carboxylic acids is 2. The van der Waals surface area contributed by atoms with Crippen molar-refractivity contribution in [2.45, 2.75) is 45.1 Å². The summed E-state index contributed by atoms with van der Waals surface area (Å²) in [5.74, 6) is -1.70. The van der Waals surface area contributed by atoms with E-state index in [9.17, 15) is 14.0 Å². The fourth-order valence-corrected chi connectivity index (χ4v) is 2.44. The summed E-state index contributed by atoms with van der Waals surface area (Å²) in [6.07, 6.45) is 5.21. The van der Waals surface area contributed by atoms with E-state index in [1.807, 2.05) is 0 Å². The van der Waals surface area contributed by atoms with Crippen molar-refractivity contribution in [3.8, 4) is 0 Å². The van der Waals surface area contributed by atoms with Crippen molar-refractivity contribution in [3.05, 3.63) is 29.6 Å². The zero-order valence-corrected chi connectivity index (χ0v) is 11.5. The Hall–Kier alpha value is -1.91. The van der Waals surface area contributed by atoms with E-state index in [2.05, 4.69) is 10.6 Å². The van der Waals surface area contributed by atoms with Crippen LogP contribution in [0.5, 0.6) is 0 Å². The van der Waals surface area contributed by atoms with E-state index in [-0.39, 0.29) is 11.9 Å².